The molecule has 1 aromatic rings. The van der Waals surface area contributed by atoms with E-state index in [1.54, 1.807) is 0 Å². The third-order valence-electron chi connectivity index (χ3n) is 3.96. The van der Waals surface area contributed by atoms with Crippen molar-refractivity contribution >= 4 is 18.3 Å². The minimum atomic E-state index is 0. The monoisotopic (exact) mass is 326 g/mol. The van der Waals surface area contributed by atoms with Crippen molar-refractivity contribution in [1.82, 2.24) is 10.6 Å². The molecule has 2 rings (SSSR count). The van der Waals surface area contributed by atoms with Crippen molar-refractivity contribution in [3.8, 4) is 0 Å². The Kier molecular flexibility index (Phi) is 9.13. The van der Waals surface area contributed by atoms with Crippen LogP contribution in [-0.4, -0.2) is 32.7 Å². The predicted octanol–water partition coefficient (Wildman–Crippen LogP) is 2.69. The second-order valence-electron chi connectivity index (χ2n) is 5.62. The van der Waals surface area contributed by atoms with E-state index in [1.165, 1.54) is 5.56 Å². The molecule has 0 bridgehead atoms. The second kappa shape index (κ2) is 10.6. The molecular formula is C17H27ClN2O2. The maximum absolute atomic E-state index is 11.8. The number of amides is 1. The zero-order valence-electron chi connectivity index (χ0n) is 13.2. The highest BCUT2D eigenvalue weighted by Gasteiger charge is 2.27. The quantitative estimate of drug-likeness (QED) is 0.757. The second-order valence-corrected chi connectivity index (χ2v) is 5.62. The molecule has 2 N–H and O–H groups in total. The van der Waals surface area contributed by atoms with Gasteiger partial charge in [-0.3, -0.25) is 4.79 Å². The van der Waals surface area contributed by atoms with Gasteiger partial charge in [-0.25, -0.2) is 0 Å². The van der Waals surface area contributed by atoms with Gasteiger partial charge in [-0.15, -0.1) is 12.4 Å². The first-order chi connectivity index (χ1) is 10.3. The van der Waals surface area contributed by atoms with E-state index in [0.29, 0.717) is 18.9 Å². The lowest BCUT2D eigenvalue weighted by Gasteiger charge is -2.32. The number of rotatable bonds is 7. The van der Waals surface area contributed by atoms with E-state index in [9.17, 15) is 4.79 Å². The predicted molar refractivity (Wildman–Crippen MR) is 91.3 cm³/mol. The Balaban J connectivity index is 0.00000242. The van der Waals surface area contributed by atoms with Gasteiger partial charge in [0.25, 0.3) is 0 Å². The fourth-order valence-electron chi connectivity index (χ4n) is 2.82. The fourth-order valence-corrected chi connectivity index (χ4v) is 2.82. The molecule has 0 aromatic heterocycles. The molecule has 5 heteroatoms. The first-order valence-electron chi connectivity index (χ1n) is 7.89. The van der Waals surface area contributed by atoms with Crippen molar-refractivity contribution < 1.29 is 9.53 Å². The standard InChI is InChI=1S/C17H26N2O2.ClH/c1-18-11-5-10-16(20)19-13-15-9-6-12-21-17(15)14-7-3-2-4-8-14;/h2-4,7-8,15,17-18H,5-6,9-13H2,1H3,(H,19,20);1H. The van der Waals surface area contributed by atoms with Crippen LogP contribution in [-0.2, 0) is 9.53 Å². The molecule has 2 unspecified atom stereocenters. The summed E-state index contributed by atoms with van der Waals surface area (Å²) >= 11 is 0. The molecule has 22 heavy (non-hydrogen) atoms. The van der Waals surface area contributed by atoms with E-state index < -0.39 is 0 Å². The molecule has 1 fully saturated rings. The number of carbonyl (C=O) groups excluding carboxylic acids is 1. The van der Waals surface area contributed by atoms with Gasteiger partial charge in [-0.1, -0.05) is 30.3 Å². The number of benzene rings is 1. The van der Waals surface area contributed by atoms with E-state index in [-0.39, 0.29) is 24.4 Å². The summed E-state index contributed by atoms with van der Waals surface area (Å²) < 4.78 is 5.95. The largest absolute Gasteiger partial charge is 0.373 e. The third-order valence-corrected chi connectivity index (χ3v) is 3.96. The molecule has 1 amide bonds. The number of hydrogen-bond acceptors (Lipinski definition) is 3. The van der Waals surface area contributed by atoms with Gasteiger partial charge in [0.1, 0.15) is 0 Å². The molecule has 1 aliphatic heterocycles. The van der Waals surface area contributed by atoms with Gasteiger partial charge in [0.05, 0.1) is 6.10 Å². The summed E-state index contributed by atoms with van der Waals surface area (Å²) in [5, 5.41) is 6.12. The average Bonchev–Trinajstić information content (AvgIpc) is 2.54. The number of hydrogen-bond donors (Lipinski definition) is 2. The fraction of sp³-hybridized carbons (Fsp3) is 0.588. The van der Waals surface area contributed by atoms with Gasteiger partial charge in [-0.05, 0) is 38.4 Å². The average molecular weight is 327 g/mol. The first kappa shape index (κ1) is 18.9. The Labute approximate surface area is 139 Å². The lowest BCUT2D eigenvalue weighted by molar-refractivity contribution is -0.122. The van der Waals surface area contributed by atoms with E-state index in [2.05, 4.69) is 22.8 Å². The van der Waals surface area contributed by atoms with Crippen LogP contribution in [0.4, 0.5) is 0 Å². The van der Waals surface area contributed by atoms with Crippen LogP contribution in [0.1, 0.15) is 37.4 Å². The lowest BCUT2D eigenvalue weighted by atomic mass is 9.89. The summed E-state index contributed by atoms with van der Waals surface area (Å²) in [5.74, 6) is 0.511. The molecule has 0 spiro atoms. The minimum Gasteiger partial charge on any atom is -0.373 e. The zero-order chi connectivity index (χ0) is 14.9. The Bertz CT molecular complexity index is 428. The van der Waals surface area contributed by atoms with Crippen LogP contribution in [0.15, 0.2) is 30.3 Å². The first-order valence-corrected chi connectivity index (χ1v) is 7.89. The van der Waals surface area contributed by atoms with Crippen LogP contribution in [0.5, 0.6) is 0 Å². The molecule has 0 saturated carbocycles. The molecule has 2 atom stereocenters. The zero-order valence-corrected chi connectivity index (χ0v) is 14.0. The number of halogens is 1. The normalized spacial score (nSPS) is 21.0. The van der Waals surface area contributed by atoms with Gasteiger partial charge in [0.15, 0.2) is 0 Å². The summed E-state index contributed by atoms with van der Waals surface area (Å²) in [5.41, 5.74) is 1.21. The van der Waals surface area contributed by atoms with Crippen molar-refractivity contribution in [2.45, 2.75) is 31.8 Å². The molecule has 1 aromatic carbocycles. The molecule has 0 radical (unpaired) electrons. The van der Waals surface area contributed by atoms with Crippen molar-refractivity contribution in [2.24, 2.45) is 5.92 Å². The van der Waals surface area contributed by atoms with Crippen molar-refractivity contribution in [2.75, 3.05) is 26.7 Å². The Hall–Kier alpha value is -1.10. The van der Waals surface area contributed by atoms with Crippen molar-refractivity contribution in [3.63, 3.8) is 0 Å². The number of nitrogens with one attached hydrogen (secondary N) is 2. The number of ether oxygens (including phenoxy) is 1. The van der Waals surface area contributed by atoms with Crippen LogP contribution in [0.25, 0.3) is 0 Å². The van der Waals surface area contributed by atoms with Crippen LogP contribution >= 0.6 is 12.4 Å². The van der Waals surface area contributed by atoms with Gasteiger partial charge >= 0.3 is 0 Å². The highest BCUT2D eigenvalue weighted by molar-refractivity contribution is 5.85. The molecule has 1 saturated heterocycles. The minimum absolute atomic E-state index is 0. The van der Waals surface area contributed by atoms with Crippen LogP contribution in [0.3, 0.4) is 0 Å². The Morgan fingerprint density at radius 1 is 1.32 bits per heavy atom. The molecule has 1 heterocycles. The van der Waals surface area contributed by atoms with Gasteiger partial charge < -0.3 is 15.4 Å². The van der Waals surface area contributed by atoms with E-state index in [4.69, 9.17) is 4.74 Å². The summed E-state index contributed by atoms with van der Waals surface area (Å²) in [4.78, 5) is 11.8. The van der Waals surface area contributed by atoms with E-state index >= 15 is 0 Å². The van der Waals surface area contributed by atoms with E-state index in [0.717, 1.165) is 32.4 Å². The Morgan fingerprint density at radius 2 is 2.09 bits per heavy atom. The molecule has 124 valence electrons. The molecular weight excluding hydrogens is 300 g/mol. The molecule has 4 nitrogen and oxygen atoms in total. The number of carbonyl (C=O) groups is 1. The van der Waals surface area contributed by atoms with Crippen molar-refractivity contribution in [3.05, 3.63) is 35.9 Å². The lowest BCUT2D eigenvalue weighted by Crippen LogP contribution is -2.35. The van der Waals surface area contributed by atoms with E-state index in [1.807, 2.05) is 25.2 Å². The van der Waals surface area contributed by atoms with Crippen LogP contribution in [0.2, 0.25) is 0 Å². The smallest absolute Gasteiger partial charge is 0.220 e. The third kappa shape index (κ3) is 5.95. The summed E-state index contributed by atoms with van der Waals surface area (Å²) in [7, 11) is 1.90. The van der Waals surface area contributed by atoms with Gasteiger partial charge in [0.2, 0.25) is 5.91 Å². The molecule has 0 aliphatic carbocycles. The van der Waals surface area contributed by atoms with Gasteiger partial charge in [0, 0.05) is 25.5 Å². The highest BCUT2D eigenvalue weighted by Crippen LogP contribution is 2.32. The maximum atomic E-state index is 11.8. The highest BCUT2D eigenvalue weighted by atomic mass is 35.5. The Morgan fingerprint density at radius 3 is 2.82 bits per heavy atom. The summed E-state index contributed by atoms with van der Waals surface area (Å²) in [6, 6.07) is 10.3. The topological polar surface area (TPSA) is 50.4 Å². The maximum Gasteiger partial charge on any atom is 0.220 e. The van der Waals surface area contributed by atoms with Crippen molar-refractivity contribution in [1.29, 1.82) is 0 Å². The summed E-state index contributed by atoms with van der Waals surface area (Å²) in [6.45, 7) is 2.40. The summed E-state index contributed by atoms with van der Waals surface area (Å²) in [6.07, 6.45) is 3.76. The SMILES string of the molecule is CNCCCC(=O)NCC1CCCOC1c1ccccc1.Cl. The van der Waals surface area contributed by atoms with Crippen LogP contribution < -0.4 is 10.6 Å². The molecule has 1 aliphatic rings. The van der Waals surface area contributed by atoms with Crippen LogP contribution in [0, 0.1) is 5.92 Å². The van der Waals surface area contributed by atoms with Gasteiger partial charge in [-0.2, -0.15) is 0 Å².